The van der Waals surface area contributed by atoms with E-state index >= 15 is 0 Å². The molecule has 0 saturated carbocycles. The number of methoxy groups -OCH3 is 2. The average Bonchev–Trinajstić information content (AvgIpc) is 2.05. The van der Waals surface area contributed by atoms with Crippen LogP contribution in [0.1, 0.15) is 80.6 Å². The summed E-state index contributed by atoms with van der Waals surface area (Å²) in [5.41, 5.74) is 3.37. The first-order valence-corrected chi connectivity index (χ1v) is 31.2. The first-order chi connectivity index (χ1) is 42.6. The topological polar surface area (TPSA) is 420 Å². The van der Waals surface area contributed by atoms with Gasteiger partial charge in [0.15, 0.2) is 0 Å². The smallest absolute Gasteiger partial charge is 0.336 e. The predicted molar refractivity (Wildman–Crippen MR) is 325 cm³/mol. The number of rotatable bonds is 18. The molecule has 2 fully saturated rings. The summed E-state index contributed by atoms with van der Waals surface area (Å²) < 4.78 is 86.7. The number of aromatic nitrogens is 8. The fraction of sp³-hybridized carbons (Fsp3) is 0.310. The third kappa shape index (κ3) is 15.7. The van der Waals surface area contributed by atoms with Crippen molar-refractivity contribution in [2.24, 2.45) is 0 Å². The number of ether oxygens (including phenoxy) is 4. The SMILES string of the molecule is COc1ncc(-c2cc(-c3ncc(CN4C[C@@H](C)O[C@@H](C)C4)o3)c3cn[nH]c3c2)cc1NS(C)(=O)=O.COc1ncc(-c2cc(-c3ncc(CN4C[C@@H](C)O[C@@H](C)C4)o3)c3cn[nH]c3c2)cc1NS(C)(=O)=O.O=C(O)c1cc(C(=O)O)c(C(=O)O)cc1C(=O)O. The van der Waals surface area contributed by atoms with E-state index in [1.807, 2.05) is 24.3 Å². The minimum atomic E-state index is -3.53. The summed E-state index contributed by atoms with van der Waals surface area (Å²) in [4.78, 5) is 65.4. The van der Waals surface area contributed by atoms with Crippen molar-refractivity contribution >= 4 is 77.1 Å². The molecule has 474 valence electrons. The van der Waals surface area contributed by atoms with Crippen LogP contribution in [0.2, 0.25) is 0 Å². The van der Waals surface area contributed by atoms with E-state index < -0.39 is 66.2 Å². The van der Waals surface area contributed by atoms with Gasteiger partial charge in [-0.2, -0.15) is 10.2 Å². The van der Waals surface area contributed by atoms with Gasteiger partial charge in [-0.25, -0.2) is 55.9 Å². The van der Waals surface area contributed by atoms with Crippen LogP contribution >= 0.6 is 0 Å². The Morgan fingerprint density at radius 3 is 1.17 bits per heavy atom. The van der Waals surface area contributed by atoms with Crippen molar-refractivity contribution in [3.8, 4) is 56.9 Å². The number of morpholine rings is 2. The maximum atomic E-state index is 11.8. The number of nitrogens with zero attached hydrogens (tertiary/aromatic N) is 8. The number of carboxylic acids is 4. The van der Waals surface area contributed by atoms with Crippen LogP contribution < -0.4 is 18.9 Å². The highest BCUT2D eigenvalue weighted by Gasteiger charge is 2.28. The van der Waals surface area contributed by atoms with Gasteiger partial charge in [0.05, 0.1) is 122 Å². The van der Waals surface area contributed by atoms with Gasteiger partial charge >= 0.3 is 23.9 Å². The summed E-state index contributed by atoms with van der Waals surface area (Å²) in [6, 6.07) is 12.1. The van der Waals surface area contributed by atoms with Gasteiger partial charge in [0.2, 0.25) is 43.6 Å². The van der Waals surface area contributed by atoms with Crippen molar-refractivity contribution in [3.63, 3.8) is 0 Å². The molecular weight excluding hydrogens is 1220 g/mol. The van der Waals surface area contributed by atoms with Crippen molar-refractivity contribution < 1.29 is 84.2 Å². The minimum absolute atomic E-state index is 0.165. The van der Waals surface area contributed by atoms with Crippen molar-refractivity contribution in [1.82, 2.24) is 50.1 Å². The number of anilines is 2. The fourth-order valence-corrected chi connectivity index (χ4v) is 11.6. The number of benzene rings is 3. The second-order valence-electron chi connectivity index (χ2n) is 21.4. The summed E-state index contributed by atoms with van der Waals surface area (Å²) in [5.74, 6) is -3.81. The quantitative estimate of drug-likeness (QED) is 0.0428. The number of oxazole rings is 2. The lowest BCUT2D eigenvalue weighted by Gasteiger charge is -2.34. The summed E-state index contributed by atoms with van der Waals surface area (Å²) in [6.07, 6.45) is 13.0. The van der Waals surface area contributed by atoms with Gasteiger partial charge in [0.1, 0.15) is 22.9 Å². The van der Waals surface area contributed by atoms with E-state index in [1.165, 1.54) is 14.2 Å². The number of hydrogen-bond donors (Lipinski definition) is 8. The van der Waals surface area contributed by atoms with E-state index in [0.717, 1.165) is 94.3 Å². The number of aromatic amines is 2. The first kappa shape index (κ1) is 64.6. The molecule has 6 aromatic heterocycles. The van der Waals surface area contributed by atoms with E-state index in [0.29, 0.717) is 48.1 Å². The Kier molecular flexibility index (Phi) is 19.3. The molecule has 8 N–H and O–H groups in total. The Hall–Kier alpha value is -9.86. The van der Waals surface area contributed by atoms with Crippen LogP contribution in [0.5, 0.6) is 11.8 Å². The number of carboxylic acid groups (broad SMARTS) is 4. The van der Waals surface area contributed by atoms with Crippen molar-refractivity contribution in [2.45, 2.75) is 65.2 Å². The lowest BCUT2D eigenvalue weighted by atomic mass is 9.98. The molecule has 4 atom stereocenters. The molecule has 0 radical (unpaired) electrons. The molecule has 8 heterocycles. The van der Waals surface area contributed by atoms with Gasteiger partial charge in [-0.1, -0.05) is 0 Å². The summed E-state index contributed by atoms with van der Waals surface area (Å²) in [5, 5.41) is 51.1. The molecule has 11 rings (SSSR count). The Labute approximate surface area is 513 Å². The normalized spacial score (nSPS) is 17.2. The molecule has 2 aliphatic rings. The number of nitrogens with one attached hydrogen (secondary N) is 4. The number of H-pyrrole nitrogens is 2. The molecular formula is C58H62N12O18S2. The van der Waals surface area contributed by atoms with Crippen molar-refractivity contribution in [2.75, 3.05) is 62.4 Å². The van der Waals surface area contributed by atoms with E-state index in [-0.39, 0.29) is 47.6 Å². The molecule has 2 saturated heterocycles. The molecule has 32 heteroatoms. The summed E-state index contributed by atoms with van der Waals surface area (Å²) in [6.45, 7) is 12.9. The molecule has 0 spiro atoms. The molecule has 0 bridgehead atoms. The highest BCUT2D eigenvalue weighted by molar-refractivity contribution is 7.92. The molecule has 0 aliphatic carbocycles. The minimum Gasteiger partial charge on any atom is -0.480 e. The highest BCUT2D eigenvalue weighted by atomic mass is 32.2. The average molecular weight is 1280 g/mol. The predicted octanol–water partition coefficient (Wildman–Crippen LogP) is 7.02. The highest BCUT2D eigenvalue weighted by Crippen LogP contribution is 2.38. The van der Waals surface area contributed by atoms with Gasteiger partial charge in [0.25, 0.3) is 0 Å². The van der Waals surface area contributed by atoms with Crippen LogP contribution in [0.4, 0.5) is 11.4 Å². The molecule has 3 aromatic carbocycles. The number of fused-ring (bicyclic) bond motifs is 2. The van der Waals surface area contributed by atoms with Gasteiger partial charge in [0, 0.05) is 71.6 Å². The lowest BCUT2D eigenvalue weighted by Crippen LogP contribution is -2.44. The number of hydrogen-bond acceptors (Lipinski definition) is 22. The van der Waals surface area contributed by atoms with Crippen LogP contribution in [0.3, 0.4) is 0 Å². The van der Waals surface area contributed by atoms with Crippen LogP contribution in [0.15, 0.2) is 94.5 Å². The van der Waals surface area contributed by atoms with E-state index in [2.05, 4.69) is 87.3 Å². The maximum absolute atomic E-state index is 11.8. The fourth-order valence-electron chi connectivity index (χ4n) is 10.5. The lowest BCUT2D eigenvalue weighted by molar-refractivity contribution is -0.0720. The third-order valence-electron chi connectivity index (χ3n) is 13.9. The second-order valence-corrected chi connectivity index (χ2v) is 24.8. The largest absolute Gasteiger partial charge is 0.480 e. The first-order valence-electron chi connectivity index (χ1n) is 27.4. The maximum Gasteiger partial charge on any atom is 0.336 e. The molecule has 0 unspecified atom stereocenters. The summed E-state index contributed by atoms with van der Waals surface area (Å²) in [7, 11) is -4.18. The Balaban J connectivity index is 0.000000170. The Morgan fingerprint density at radius 1 is 0.511 bits per heavy atom. The second kappa shape index (κ2) is 26.9. The molecule has 0 amide bonds. The van der Waals surface area contributed by atoms with Crippen molar-refractivity contribution in [3.05, 3.63) is 119 Å². The van der Waals surface area contributed by atoms with E-state index in [9.17, 15) is 36.0 Å². The van der Waals surface area contributed by atoms with Crippen LogP contribution in [-0.4, -0.2) is 189 Å². The Bertz CT molecular complexity index is 4070. The molecule has 90 heavy (non-hydrogen) atoms. The number of sulfonamides is 2. The van der Waals surface area contributed by atoms with Gasteiger partial charge < -0.3 is 48.2 Å². The van der Waals surface area contributed by atoms with Crippen LogP contribution in [0.25, 0.3) is 67.0 Å². The van der Waals surface area contributed by atoms with Gasteiger partial charge in [-0.3, -0.25) is 29.4 Å². The number of aromatic carboxylic acids is 4. The zero-order chi connectivity index (χ0) is 64.9. The zero-order valence-corrected chi connectivity index (χ0v) is 51.2. The van der Waals surface area contributed by atoms with E-state index in [1.54, 1.807) is 49.3 Å². The van der Waals surface area contributed by atoms with E-state index in [4.69, 9.17) is 48.2 Å². The number of carbonyl (C=O) groups is 4. The van der Waals surface area contributed by atoms with Crippen molar-refractivity contribution in [1.29, 1.82) is 0 Å². The summed E-state index contributed by atoms with van der Waals surface area (Å²) >= 11 is 0. The van der Waals surface area contributed by atoms with Gasteiger partial charge in [-0.05, 0) is 87.4 Å². The van der Waals surface area contributed by atoms with Crippen LogP contribution in [-0.2, 0) is 42.6 Å². The third-order valence-corrected chi connectivity index (χ3v) is 15.0. The monoisotopic (exact) mass is 1280 g/mol. The number of pyridine rings is 2. The zero-order valence-electron chi connectivity index (χ0n) is 49.5. The standard InChI is InChI=1S/2C24H28N6O5S.C10H6O8/c2*1-14-11-30(12-15(2)34-14)13-18-9-26-23(35-18)19-5-16(6-21-20(19)10-27-28-21)17-7-22(29-36(4,31)32)24(33-3)25-8-17;11-7(12)3-1-4(8(13)14)6(10(17)18)2-5(3)9(15)16/h2*5-10,14-15,29H,11-13H2,1-4H3,(H,27,28);1-2H,(H,11,12)(H,13,14)(H,15,16)(H,17,18)/t2*14-,15+;. The van der Waals surface area contributed by atoms with Gasteiger partial charge in [-0.15, -0.1) is 0 Å². The Morgan fingerprint density at radius 2 is 0.856 bits per heavy atom. The molecule has 30 nitrogen and oxygen atoms in total. The molecule has 9 aromatic rings. The van der Waals surface area contributed by atoms with Crippen LogP contribution in [0, 0.1) is 0 Å². The molecule has 2 aliphatic heterocycles.